The number of aliphatic hydroxyl groups excluding tert-OH is 1. The normalized spacial score (nSPS) is 10.7. The molecule has 0 aliphatic heterocycles. The predicted octanol–water partition coefficient (Wildman–Crippen LogP) is 3.23. The summed E-state index contributed by atoms with van der Waals surface area (Å²) in [5, 5.41) is 17.0. The van der Waals surface area contributed by atoms with E-state index in [0.717, 1.165) is 22.5 Å². The molecule has 26 heavy (non-hydrogen) atoms. The van der Waals surface area contributed by atoms with Crippen molar-refractivity contribution in [1.82, 2.24) is 15.1 Å². The summed E-state index contributed by atoms with van der Waals surface area (Å²) >= 11 is 5.99. The quantitative estimate of drug-likeness (QED) is 0.628. The van der Waals surface area contributed by atoms with Gasteiger partial charge in [-0.1, -0.05) is 41.9 Å². The first-order valence-electron chi connectivity index (χ1n) is 8.45. The molecule has 0 atom stereocenters. The molecule has 6 heteroatoms. The number of aromatic nitrogens is 2. The third-order valence-corrected chi connectivity index (χ3v) is 4.19. The van der Waals surface area contributed by atoms with Gasteiger partial charge in [-0.15, -0.1) is 0 Å². The summed E-state index contributed by atoms with van der Waals surface area (Å²) in [5.74, 6) is -0.0960. The van der Waals surface area contributed by atoms with Crippen LogP contribution in [0.3, 0.4) is 0 Å². The maximum Gasteiger partial charge on any atom is 0.224 e. The lowest BCUT2D eigenvalue weighted by atomic mass is 10.1. The third kappa shape index (κ3) is 4.50. The van der Waals surface area contributed by atoms with E-state index in [1.165, 1.54) is 0 Å². The molecule has 1 amide bonds. The smallest absolute Gasteiger partial charge is 0.224 e. The van der Waals surface area contributed by atoms with Crippen LogP contribution in [0.4, 0.5) is 0 Å². The second kappa shape index (κ2) is 8.65. The van der Waals surface area contributed by atoms with Crippen LogP contribution in [0.15, 0.2) is 60.8 Å². The average molecular weight is 370 g/mol. The van der Waals surface area contributed by atoms with Gasteiger partial charge < -0.3 is 10.4 Å². The van der Waals surface area contributed by atoms with Gasteiger partial charge in [0.05, 0.1) is 17.8 Å². The van der Waals surface area contributed by atoms with Crippen LogP contribution in [-0.4, -0.2) is 33.9 Å². The molecular formula is C20H20ClN3O2. The van der Waals surface area contributed by atoms with Crippen LogP contribution in [0.5, 0.6) is 0 Å². The van der Waals surface area contributed by atoms with Gasteiger partial charge in [0.2, 0.25) is 5.91 Å². The Morgan fingerprint density at radius 3 is 2.54 bits per heavy atom. The van der Waals surface area contributed by atoms with Gasteiger partial charge in [0.25, 0.3) is 0 Å². The highest BCUT2D eigenvalue weighted by Gasteiger charge is 2.15. The van der Waals surface area contributed by atoms with Crippen LogP contribution in [-0.2, 0) is 11.2 Å². The van der Waals surface area contributed by atoms with E-state index in [0.29, 0.717) is 18.0 Å². The number of rotatable bonds is 7. The fourth-order valence-corrected chi connectivity index (χ4v) is 2.77. The molecule has 3 aromatic rings. The van der Waals surface area contributed by atoms with Gasteiger partial charge >= 0.3 is 0 Å². The van der Waals surface area contributed by atoms with Gasteiger partial charge in [-0.25, -0.2) is 4.68 Å². The molecule has 0 fully saturated rings. The molecule has 0 radical (unpaired) electrons. The first kappa shape index (κ1) is 18.2. The Morgan fingerprint density at radius 2 is 1.85 bits per heavy atom. The van der Waals surface area contributed by atoms with Crippen molar-refractivity contribution in [3.8, 4) is 16.9 Å². The summed E-state index contributed by atoms with van der Waals surface area (Å²) in [6.45, 7) is 0.515. The van der Waals surface area contributed by atoms with E-state index in [1.54, 1.807) is 4.68 Å². The molecule has 0 spiro atoms. The van der Waals surface area contributed by atoms with E-state index in [2.05, 4.69) is 10.4 Å². The standard InChI is InChI=1S/C20H20ClN3O2/c21-17-9-7-15(8-10-17)20-16(13-19(26)22-11-4-12-25)14-24(23-20)18-5-2-1-3-6-18/h1-3,5-10,14,25H,4,11-13H2,(H,22,26). The van der Waals surface area contributed by atoms with Crippen molar-refractivity contribution in [2.45, 2.75) is 12.8 Å². The van der Waals surface area contributed by atoms with Gasteiger partial charge in [-0.2, -0.15) is 5.10 Å². The highest BCUT2D eigenvalue weighted by molar-refractivity contribution is 6.30. The van der Waals surface area contributed by atoms with Gasteiger partial charge in [0.15, 0.2) is 0 Å². The number of carbonyl (C=O) groups is 1. The van der Waals surface area contributed by atoms with Crippen LogP contribution in [0.1, 0.15) is 12.0 Å². The average Bonchev–Trinajstić information content (AvgIpc) is 3.07. The topological polar surface area (TPSA) is 67.2 Å². The zero-order valence-corrected chi connectivity index (χ0v) is 15.0. The minimum absolute atomic E-state index is 0.0578. The van der Waals surface area contributed by atoms with Crippen LogP contribution in [0, 0.1) is 0 Å². The maximum atomic E-state index is 12.2. The highest BCUT2D eigenvalue weighted by atomic mass is 35.5. The van der Waals surface area contributed by atoms with Crippen LogP contribution in [0.2, 0.25) is 5.02 Å². The van der Waals surface area contributed by atoms with E-state index in [9.17, 15) is 4.79 Å². The number of benzene rings is 2. The predicted molar refractivity (Wildman–Crippen MR) is 102 cm³/mol. The second-order valence-electron chi connectivity index (χ2n) is 5.89. The largest absolute Gasteiger partial charge is 0.396 e. The lowest BCUT2D eigenvalue weighted by molar-refractivity contribution is -0.120. The van der Waals surface area contributed by atoms with Crippen molar-refractivity contribution in [3.63, 3.8) is 0 Å². The van der Waals surface area contributed by atoms with Crippen molar-refractivity contribution in [2.75, 3.05) is 13.2 Å². The van der Waals surface area contributed by atoms with Gasteiger partial charge in [-0.3, -0.25) is 4.79 Å². The lowest BCUT2D eigenvalue weighted by Gasteiger charge is -2.05. The molecule has 0 unspecified atom stereocenters. The fourth-order valence-electron chi connectivity index (χ4n) is 2.65. The minimum atomic E-state index is -0.0960. The molecule has 0 bridgehead atoms. The van der Waals surface area contributed by atoms with E-state index in [4.69, 9.17) is 16.7 Å². The number of carbonyl (C=O) groups excluding carboxylic acids is 1. The summed E-state index contributed by atoms with van der Waals surface area (Å²) in [5.41, 5.74) is 3.41. The van der Waals surface area contributed by atoms with Crippen LogP contribution < -0.4 is 5.32 Å². The molecule has 3 rings (SSSR count). The van der Waals surface area contributed by atoms with Crippen molar-refractivity contribution in [1.29, 1.82) is 0 Å². The zero-order chi connectivity index (χ0) is 18.4. The Labute approximate surface area is 157 Å². The van der Waals surface area contributed by atoms with Gasteiger partial charge in [0, 0.05) is 35.5 Å². The Kier molecular flexibility index (Phi) is 6.04. The fraction of sp³-hybridized carbons (Fsp3) is 0.200. The minimum Gasteiger partial charge on any atom is -0.396 e. The van der Waals surface area contributed by atoms with Crippen molar-refractivity contribution >= 4 is 17.5 Å². The highest BCUT2D eigenvalue weighted by Crippen LogP contribution is 2.25. The second-order valence-corrected chi connectivity index (χ2v) is 6.33. The summed E-state index contributed by atoms with van der Waals surface area (Å²) in [4.78, 5) is 12.2. The van der Waals surface area contributed by atoms with Gasteiger partial charge in [0.1, 0.15) is 0 Å². The molecule has 0 aliphatic carbocycles. The maximum absolute atomic E-state index is 12.2. The molecule has 0 saturated carbocycles. The first-order chi connectivity index (χ1) is 12.7. The van der Waals surface area contributed by atoms with Crippen LogP contribution in [0.25, 0.3) is 16.9 Å². The number of amides is 1. The number of hydrogen-bond acceptors (Lipinski definition) is 3. The molecule has 134 valence electrons. The van der Waals surface area contributed by atoms with E-state index in [-0.39, 0.29) is 18.9 Å². The Hall–Kier alpha value is -2.63. The SMILES string of the molecule is O=C(Cc1cn(-c2ccccc2)nc1-c1ccc(Cl)cc1)NCCCO. The van der Waals surface area contributed by atoms with Crippen molar-refractivity contribution in [3.05, 3.63) is 71.4 Å². The van der Waals surface area contributed by atoms with Gasteiger partial charge in [-0.05, 0) is 30.7 Å². The summed E-state index contributed by atoms with van der Waals surface area (Å²) in [6, 6.07) is 17.2. The van der Waals surface area contributed by atoms with E-state index < -0.39 is 0 Å². The molecule has 0 saturated heterocycles. The zero-order valence-electron chi connectivity index (χ0n) is 14.2. The molecule has 0 aliphatic rings. The van der Waals surface area contributed by atoms with E-state index in [1.807, 2.05) is 60.8 Å². The molecule has 1 heterocycles. The molecule has 2 N–H and O–H groups in total. The molecule has 2 aromatic carbocycles. The number of para-hydroxylation sites is 1. The third-order valence-electron chi connectivity index (χ3n) is 3.94. The number of halogens is 1. The Morgan fingerprint density at radius 1 is 1.12 bits per heavy atom. The summed E-state index contributed by atoms with van der Waals surface area (Å²) in [6.07, 6.45) is 2.64. The number of hydrogen-bond donors (Lipinski definition) is 2. The number of nitrogens with zero attached hydrogens (tertiary/aromatic N) is 2. The van der Waals surface area contributed by atoms with Crippen LogP contribution >= 0.6 is 11.6 Å². The Balaban J connectivity index is 1.91. The first-order valence-corrected chi connectivity index (χ1v) is 8.82. The summed E-state index contributed by atoms with van der Waals surface area (Å²) < 4.78 is 1.78. The lowest BCUT2D eigenvalue weighted by Crippen LogP contribution is -2.26. The Bertz CT molecular complexity index is 861. The molecule has 5 nitrogen and oxygen atoms in total. The van der Waals surface area contributed by atoms with Crippen molar-refractivity contribution in [2.24, 2.45) is 0 Å². The molecular weight excluding hydrogens is 350 g/mol. The monoisotopic (exact) mass is 369 g/mol. The number of nitrogens with one attached hydrogen (secondary N) is 1. The summed E-state index contributed by atoms with van der Waals surface area (Å²) in [7, 11) is 0. The number of aliphatic hydroxyl groups is 1. The van der Waals surface area contributed by atoms with Crippen molar-refractivity contribution < 1.29 is 9.90 Å². The van der Waals surface area contributed by atoms with E-state index >= 15 is 0 Å². The molecule has 1 aromatic heterocycles.